The molecule has 0 saturated heterocycles. The van der Waals surface area contributed by atoms with Gasteiger partial charge < -0.3 is 5.32 Å². The van der Waals surface area contributed by atoms with Crippen molar-refractivity contribution < 1.29 is 4.79 Å². The second-order valence-corrected chi connectivity index (χ2v) is 5.94. The van der Waals surface area contributed by atoms with Gasteiger partial charge in [-0.3, -0.25) is 9.89 Å². The average molecular weight is 311 g/mol. The number of aromatic nitrogens is 2. The van der Waals surface area contributed by atoms with Crippen LogP contribution in [0.1, 0.15) is 28.5 Å². The third-order valence-electron chi connectivity index (χ3n) is 3.48. The van der Waals surface area contributed by atoms with E-state index in [0.717, 1.165) is 22.6 Å². The smallest absolute Gasteiger partial charge is 0.272 e. The van der Waals surface area contributed by atoms with Gasteiger partial charge in [-0.2, -0.15) is 5.10 Å². The normalized spacial score (nSPS) is 10.6. The molecular weight excluding hydrogens is 294 g/mol. The molecular formula is C17H17N3OS. The third kappa shape index (κ3) is 3.26. The number of H-pyrrole nitrogens is 1. The van der Waals surface area contributed by atoms with Crippen molar-refractivity contribution in [3.05, 3.63) is 64.7 Å². The number of carbonyl (C=O) groups is 1. The first-order chi connectivity index (χ1) is 10.8. The molecule has 0 aliphatic heterocycles. The summed E-state index contributed by atoms with van der Waals surface area (Å²) >= 11 is 1.61. The zero-order valence-electron chi connectivity index (χ0n) is 12.3. The van der Waals surface area contributed by atoms with Gasteiger partial charge in [-0.05, 0) is 35.1 Å². The van der Waals surface area contributed by atoms with Gasteiger partial charge in [0.05, 0.1) is 10.6 Å². The fraction of sp³-hybridized carbons (Fsp3) is 0.176. The molecule has 0 fully saturated rings. The minimum absolute atomic E-state index is 0.168. The molecule has 0 atom stereocenters. The molecule has 1 aromatic carbocycles. The minimum atomic E-state index is -0.168. The summed E-state index contributed by atoms with van der Waals surface area (Å²) in [6.45, 7) is 2.63. The van der Waals surface area contributed by atoms with Crippen LogP contribution in [0.15, 0.2) is 47.8 Å². The number of hydrogen-bond donors (Lipinski definition) is 2. The highest BCUT2D eigenvalue weighted by atomic mass is 32.1. The van der Waals surface area contributed by atoms with E-state index in [1.807, 2.05) is 29.6 Å². The van der Waals surface area contributed by atoms with Crippen LogP contribution < -0.4 is 5.32 Å². The first-order valence-corrected chi connectivity index (χ1v) is 8.09. The summed E-state index contributed by atoms with van der Waals surface area (Å²) in [4.78, 5) is 13.2. The van der Waals surface area contributed by atoms with Crippen molar-refractivity contribution in [3.8, 4) is 10.6 Å². The summed E-state index contributed by atoms with van der Waals surface area (Å²) in [5.74, 6) is -0.168. The lowest BCUT2D eigenvalue weighted by Crippen LogP contribution is -2.23. The van der Waals surface area contributed by atoms with Crippen LogP contribution >= 0.6 is 11.3 Å². The molecule has 0 unspecified atom stereocenters. The van der Waals surface area contributed by atoms with E-state index < -0.39 is 0 Å². The number of nitrogens with zero attached hydrogens (tertiary/aromatic N) is 1. The molecule has 0 spiro atoms. The molecule has 112 valence electrons. The van der Waals surface area contributed by atoms with Crippen LogP contribution in [0, 0.1) is 0 Å². The number of benzene rings is 1. The largest absolute Gasteiger partial charge is 0.347 e. The molecule has 5 heteroatoms. The monoisotopic (exact) mass is 311 g/mol. The molecule has 3 rings (SSSR count). The van der Waals surface area contributed by atoms with Gasteiger partial charge in [0.25, 0.3) is 5.91 Å². The number of thiophene rings is 1. The Morgan fingerprint density at radius 3 is 2.68 bits per heavy atom. The van der Waals surface area contributed by atoms with E-state index >= 15 is 0 Å². The minimum Gasteiger partial charge on any atom is -0.347 e. The van der Waals surface area contributed by atoms with E-state index in [1.165, 1.54) is 5.56 Å². The van der Waals surface area contributed by atoms with E-state index in [0.29, 0.717) is 12.2 Å². The summed E-state index contributed by atoms with van der Waals surface area (Å²) in [5.41, 5.74) is 3.66. The highest BCUT2D eigenvalue weighted by Gasteiger charge is 2.11. The van der Waals surface area contributed by atoms with E-state index in [-0.39, 0.29) is 5.91 Å². The van der Waals surface area contributed by atoms with Crippen molar-refractivity contribution in [2.24, 2.45) is 0 Å². The van der Waals surface area contributed by atoms with Gasteiger partial charge in [0.15, 0.2) is 5.69 Å². The highest BCUT2D eigenvalue weighted by molar-refractivity contribution is 7.13. The van der Waals surface area contributed by atoms with Gasteiger partial charge >= 0.3 is 0 Å². The Bertz CT molecular complexity index is 745. The highest BCUT2D eigenvalue weighted by Crippen LogP contribution is 2.22. The number of amides is 1. The summed E-state index contributed by atoms with van der Waals surface area (Å²) in [7, 11) is 0. The Kier molecular flexibility index (Phi) is 4.34. The van der Waals surface area contributed by atoms with Crippen LogP contribution in [-0.2, 0) is 13.0 Å². The van der Waals surface area contributed by atoms with Gasteiger partial charge in [0.2, 0.25) is 0 Å². The van der Waals surface area contributed by atoms with Crippen molar-refractivity contribution >= 4 is 17.2 Å². The molecule has 1 amide bonds. The number of rotatable bonds is 5. The SMILES string of the molecule is CCc1ccc(CNC(=O)c2cc(-c3cccs3)[nH]n2)cc1. The molecule has 0 bridgehead atoms. The predicted octanol–water partition coefficient (Wildman–Crippen LogP) is 3.63. The second kappa shape index (κ2) is 6.58. The zero-order valence-corrected chi connectivity index (χ0v) is 13.1. The molecule has 22 heavy (non-hydrogen) atoms. The van der Waals surface area contributed by atoms with Gasteiger partial charge in [-0.1, -0.05) is 37.3 Å². The first-order valence-electron chi connectivity index (χ1n) is 7.21. The quantitative estimate of drug-likeness (QED) is 0.756. The van der Waals surface area contributed by atoms with Crippen LogP contribution in [0.2, 0.25) is 0 Å². The van der Waals surface area contributed by atoms with E-state index in [2.05, 4.69) is 34.6 Å². The van der Waals surface area contributed by atoms with Gasteiger partial charge in [0.1, 0.15) is 0 Å². The van der Waals surface area contributed by atoms with Crippen molar-refractivity contribution in [1.29, 1.82) is 0 Å². The van der Waals surface area contributed by atoms with Crippen molar-refractivity contribution in [2.75, 3.05) is 0 Å². The van der Waals surface area contributed by atoms with E-state index in [1.54, 1.807) is 17.4 Å². The maximum atomic E-state index is 12.1. The maximum Gasteiger partial charge on any atom is 0.272 e. The Balaban J connectivity index is 1.62. The number of nitrogens with one attached hydrogen (secondary N) is 2. The van der Waals surface area contributed by atoms with E-state index in [4.69, 9.17) is 0 Å². The Morgan fingerprint density at radius 1 is 1.23 bits per heavy atom. The fourth-order valence-corrected chi connectivity index (χ4v) is 2.85. The third-order valence-corrected chi connectivity index (χ3v) is 4.38. The Morgan fingerprint density at radius 2 is 2.00 bits per heavy atom. The van der Waals surface area contributed by atoms with Crippen molar-refractivity contribution in [2.45, 2.75) is 19.9 Å². The van der Waals surface area contributed by atoms with Gasteiger partial charge in [-0.25, -0.2) is 0 Å². The van der Waals surface area contributed by atoms with Crippen LogP contribution in [-0.4, -0.2) is 16.1 Å². The molecule has 4 nitrogen and oxygen atoms in total. The molecule has 0 aliphatic rings. The van der Waals surface area contributed by atoms with Crippen LogP contribution in [0.5, 0.6) is 0 Å². The summed E-state index contributed by atoms with van der Waals surface area (Å²) < 4.78 is 0. The van der Waals surface area contributed by atoms with Gasteiger partial charge in [-0.15, -0.1) is 11.3 Å². The molecule has 0 radical (unpaired) electrons. The lowest BCUT2D eigenvalue weighted by Gasteiger charge is -2.04. The van der Waals surface area contributed by atoms with Crippen molar-refractivity contribution in [3.63, 3.8) is 0 Å². The molecule has 3 aromatic rings. The standard InChI is InChI=1S/C17H17N3OS/c1-2-12-5-7-13(8-6-12)11-18-17(21)15-10-14(19-20-15)16-4-3-9-22-16/h3-10H,2,11H2,1H3,(H,18,21)(H,19,20). The van der Waals surface area contributed by atoms with Crippen LogP contribution in [0.4, 0.5) is 0 Å². The summed E-state index contributed by atoms with van der Waals surface area (Å²) in [6, 6.07) is 14.0. The van der Waals surface area contributed by atoms with Crippen LogP contribution in [0.25, 0.3) is 10.6 Å². The second-order valence-electron chi connectivity index (χ2n) is 5.00. The zero-order chi connectivity index (χ0) is 15.4. The number of aromatic amines is 1. The lowest BCUT2D eigenvalue weighted by atomic mass is 10.1. The topological polar surface area (TPSA) is 57.8 Å². The number of hydrogen-bond acceptors (Lipinski definition) is 3. The maximum absolute atomic E-state index is 12.1. The number of aryl methyl sites for hydroxylation is 1. The molecule has 2 aromatic heterocycles. The lowest BCUT2D eigenvalue weighted by molar-refractivity contribution is 0.0946. The Hall–Kier alpha value is -2.40. The molecule has 2 heterocycles. The molecule has 0 saturated carbocycles. The average Bonchev–Trinajstić information content (AvgIpc) is 3.23. The van der Waals surface area contributed by atoms with Crippen LogP contribution in [0.3, 0.4) is 0 Å². The molecule has 0 aliphatic carbocycles. The first kappa shape index (κ1) is 14.5. The molecule has 2 N–H and O–H groups in total. The fourth-order valence-electron chi connectivity index (χ4n) is 2.16. The predicted molar refractivity (Wildman–Crippen MR) is 88.9 cm³/mol. The Labute approximate surface area is 133 Å². The summed E-state index contributed by atoms with van der Waals surface area (Å²) in [6.07, 6.45) is 1.02. The number of carbonyl (C=O) groups excluding carboxylic acids is 1. The van der Waals surface area contributed by atoms with E-state index in [9.17, 15) is 4.79 Å². The van der Waals surface area contributed by atoms with Crippen molar-refractivity contribution in [1.82, 2.24) is 15.5 Å². The van der Waals surface area contributed by atoms with Gasteiger partial charge in [0, 0.05) is 6.54 Å². The summed E-state index contributed by atoms with van der Waals surface area (Å²) in [5, 5.41) is 11.9.